The second kappa shape index (κ2) is 11.3. The summed E-state index contributed by atoms with van der Waals surface area (Å²) in [6.07, 6.45) is -0.506. The number of benzene rings is 2. The van der Waals surface area contributed by atoms with E-state index >= 15 is 0 Å². The number of carbonyl (C=O) groups excluding carboxylic acids is 1. The molecule has 0 amide bonds. The first-order chi connectivity index (χ1) is 14.7. The third-order valence-corrected chi connectivity index (χ3v) is 4.98. The Morgan fingerprint density at radius 1 is 0.968 bits per heavy atom. The van der Waals surface area contributed by atoms with Crippen molar-refractivity contribution < 1.29 is 23.7 Å². The first-order valence-electron chi connectivity index (χ1n) is 10.5. The Morgan fingerprint density at radius 3 is 2.16 bits per heavy atom. The summed E-state index contributed by atoms with van der Waals surface area (Å²) >= 11 is 0. The molecule has 0 aliphatic carbocycles. The number of carbonyl (C=O) groups is 1. The molecule has 0 heterocycles. The highest BCUT2D eigenvalue weighted by Gasteiger charge is 2.47. The monoisotopic (exact) mass is 429 g/mol. The topological polar surface area (TPSA) is 66.0 Å². The summed E-state index contributed by atoms with van der Waals surface area (Å²) in [5, 5.41) is 3.38. The Morgan fingerprint density at radius 2 is 1.61 bits per heavy atom. The van der Waals surface area contributed by atoms with Crippen LogP contribution in [-0.2, 0) is 32.2 Å². The summed E-state index contributed by atoms with van der Waals surface area (Å²) < 4.78 is 22.6. The van der Waals surface area contributed by atoms with Crippen LogP contribution in [0.4, 0.5) is 0 Å². The minimum absolute atomic E-state index is 0.0992. The maximum absolute atomic E-state index is 13.1. The predicted molar refractivity (Wildman–Crippen MR) is 121 cm³/mol. The maximum Gasteiger partial charge on any atom is 0.331 e. The molecule has 0 aromatic heterocycles. The van der Waals surface area contributed by atoms with Crippen LogP contribution in [0.5, 0.6) is 5.75 Å². The van der Waals surface area contributed by atoms with Crippen LogP contribution >= 0.6 is 0 Å². The number of hydrogen-bond donors (Lipinski definition) is 1. The second-order valence-electron chi connectivity index (χ2n) is 8.52. The van der Waals surface area contributed by atoms with E-state index in [4.69, 9.17) is 18.9 Å². The molecule has 2 rings (SSSR count). The summed E-state index contributed by atoms with van der Waals surface area (Å²) in [6.45, 7) is 8.66. The van der Waals surface area contributed by atoms with E-state index in [0.717, 1.165) is 16.9 Å². The van der Waals surface area contributed by atoms with Crippen molar-refractivity contribution in [3.8, 4) is 5.75 Å². The molecule has 170 valence electrons. The lowest BCUT2D eigenvalue weighted by atomic mass is 9.92. The molecule has 0 spiro atoms. The minimum Gasteiger partial charge on any atom is -0.497 e. The SMILES string of the molecule is COC(=O)[C@](COCc1ccccc1)(NCc1ccc(OC)cc1)[C@@H](C)OC(C)(C)C. The normalized spacial score (nSPS) is 14.5. The Hall–Kier alpha value is -2.41. The van der Waals surface area contributed by atoms with E-state index in [9.17, 15) is 4.79 Å². The summed E-state index contributed by atoms with van der Waals surface area (Å²) in [7, 11) is 3.01. The van der Waals surface area contributed by atoms with E-state index in [2.05, 4.69) is 5.32 Å². The van der Waals surface area contributed by atoms with E-state index in [1.54, 1.807) is 7.11 Å². The van der Waals surface area contributed by atoms with Crippen LogP contribution in [0.15, 0.2) is 54.6 Å². The van der Waals surface area contributed by atoms with Crippen molar-refractivity contribution >= 4 is 5.97 Å². The van der Waals surface area contributed by atoms with Gasteiger partial charge in [0.2, 0.25) is 0 Å². The van der Waals surface area contributed by atoms with Crippen molar-refractivity contribution in [2.45, 2.75) is 58.1 Å². The smallest absolute Gasteiger partial charge is 0.331 e. The van der Waals surface area contributed by atoms with Crippen LogP contribution in [-0.4, -0.2) is 44.0 Å². The van der Waals surface area contributed by atoms with Crippen molar-refractivity contribution in [1.29, 1.82) is 0 Å². The molecule has 6 heteroatoms. The first-order valence-corrected chi connectivity index (χ1v) is 10.5. The van der Waals surface area contributed by atoms with Gasteiger partial charge >= 0.3 is 5.97 Å². The molecule has 0 unspecified atom stereocenters. The Kier molecular flexibility index (Phi) is 9.04. The molecule has 1 N–H and O–H groups in total. The number of hydrogen-bond acceptors (Lipinski definition) is 6. The van der Waals surface area contributed by atoms with Gasteiger partial charge in [0, 0.05) is 6.54 Å². The van der Waals surface area contributed by atoms with E-state index in [1.807, 2.05) is 82.3 Å². The molecule has 31 heavy (non-hydrogen) atoms. The van der Waals surface area contributed by atoms with Crippen molar-refractivity contribution in [3.63, 3.8) is 0 Å². The molecule has 0 radical (unpaired) electrons. The van der Waals surface area contributed by atoms with Gasteiger partial charge in [-0.05, 0) is 51.0 Å². The highest BCUT2D eigenvalue weighted by atomic mass is 16.5. The quantitative estimate of drug-likeness (QED) is 0.542. The van der Waals surface area contributed by atoms with Crippen LogP contribution < -0.4 is 10.1 Å². The zero-order valence-corrected chi connectivity index (χ0v) is 19.4. The fourth-order valence-electron chi connectivity index (χ4n) is 3.33. The van der Waals surface area contributed by atoms with Gasteiger partial charge in [-0.2, -0.15) is 0 Å². The third-order valence-electron chi connectivity index (χ3n) is 4.98. The number of esters is 1. The highest BCUT2D eigenvalue weighted by Crippen LogP contribution is 2.24. The number of ether oxygens (including phenoxy) is 4. The van der Waals surface area contributed by atoms with Gasteiger partial charge < -0.3 is 18.9 Å². The Balaban J connectivity index is 2.24. The van der Waals surface area contributed by atoms with Gasteiger partial charge in [-0.15, -0.1) is 0 Å². The zero-order valence-electron chi connectivity index (χ0n) is 19.4. The summed E-state index contributed by atoms with van der Waals surface area (Å²) in [6, 6.07) is 17.5. The van der Waals surface area contributed by atoms with E-state index in [1.165, 1.54) is 7.11 Å². The van der Waals surface area contributed by atoms with Crippen LogP contribution in [0, 0.1) is 0 Å². The van der Waals surface area contributed by atoms with Gasteiger partial charge in [0.05, 0.1) is 39.1 Å². The summed E-state index contributed by atoms with van der Waals surface area (Å²) in [5.41, 5.74) is 0.400. The van der Waals surface area contributed by atoms with Gasteiger partial charge in [0.15, 0.2) is 5.54 Å². The average molecular weight is 430 g/mol. The van der Waals surface area contributed by atoms with Gasteiger partial charge in [-0.3, -0.25) is 5.32 Å². The van der Waals surface area contributed by atoms with Gasteiger partial charge in [-0.25, -0.2) is 4.79 Å². The molecule has 0 aliphatic rings. The second-order valence-corrected chi connectivity index (χ2v) is 8.52. The first kappa shape index (κ1) is 24.9. The molecule has 6 nitrogen and oxygen atoms in total. The molecular weight excluding hydrogens is 394 g/mol. The molecule has 0 saturated heterocycles. The van der Waals surface area contributed by atoms with Crippen molar-refractivity contribution in [3.05, 3.63) is 65.7 Å². The van der Waals surface area contributed by atoms with Crippen LogP contribution in [0.3, 0.4) is 0 Å². The lowest BCUT2D eigenvalue weighted by Gasteiger charge is -2.40. The molecule has 2 aromatic carbocycles. The molecule has 0 bridgehead atoms. The van der Waals surface area contributed by atoms with Crippen LogP contribution in [0.25, 0.3) is 0 Å². The predicted octanol–water partition coefficient (Wildman–Crippen LogP) is 4.12. The number of nitrogens with one attached hydrogen (secondary N) is 1. The maximum atomic E-state index is 13.1. The Bertz CT molecular complexity index is 801. The molecule has 2 atom stereocenters. The van der Waals surface area contributed by atoms with E-state index < -0.39 is 23.2 Å². The minimum atomic E-state index is -1.18. The van der Waals surface area contributed by atoms with Crippen molar-refractivity contribution in [2.75, 3.05) is 20.8 Å². The largest absolute Gasteiger partial charge is 0.497 e. The van der Waals surface area contributed by atoms with Crippen LogP contribution in [0.2, 0.25) is 0 Å². The number of rotatable bonds is 11. The standard InChI is InChI=1S/C25H35NO5/c1-19(31-24(2,3)4)25(23(27)29-6,18-30-17-21-10-8-7-9-11-21)26-16-20-12-14-22(28-5)15-13-20/h7-15,19,26H,16-18H2,1-6H3/t19-,25-/m1/s1. The van der Waals surface area contributed by atoms with Gasteiger partial charge in [-0.1, -0.05) is 42.5 Å². The Labute approximate surface area is 185 Å². The summed E-state index contributed by atoms with van der Waals surface area (Å²) in [4.78, 5) is 13.1. The lowest BCUT2D eigenvalue weighted by molar-refractivity contribution is -0.169. The highest BCUT2D eigenvalue weighted by molar-refractivity contribution is 5.82. The fraction of sp³-hybridized carbons (Fsp3) is 0.480. The van der Waals surface area contributed by atoms with E-state index in [0.29, 0.717) is 13.2 Å². The molecule has 0 fully saturated rings. The lowest BCUT2D eigenvalue weighted by Crippen LogP contribution is -2.64. The van der Waals surface area contributed by atoms with Crippen molar-refractivity contribution in [2.24, 2.45) is 0 Å². The van der Waals surface area contributed by atoms with Gasteiger partial charge in [0.25, 0.3) is 0 Å². The summed E-state index contributed by atoms with van der Waals surface area (Å²) in [5.74, 6) is 0.351. The molecule has 0 saturated carbocycles. The van der Waals surface area contributed by atoms with E-state index in [-0.39, 0.29) is 6.61 Å². The number of methoxy groups -OCH3 is 2. The average Bonchev–Trinajstić information content (AvgIpc) is 2.75. The van der Waals surface area contributed by atoms with Crippen molar-refractivity contribution in [1.82, 2.24) is 5.32 Å². The molecule has 0 aliphatic heterocycles. The molecule has 2 aromatic rings. The van der Waals surface area contributed by atoms with Gasteiger partial charge in [0.1, 0.15) is 5.75 Å². The molecular formula is C25H35NO5. The fourth-order valence-corrected chi connectivity index (χ4v) is 3.33. The third kappa shape index (κ3) is 7.35. The van der Waals surface area contributed by atoms with Crippen LogP contribution in [0.1, 0.15) is 38.8 Å². The zero-order chi connectivity index (χ0) is 22.9.